The summed E-state index contributed by atoms with van der Waals surface area (Å²) in [7, 11) is 0. The van der Waals surface area contributed by atoms with Gasteiger partial charge in [0.15, 0.2) is 5.76 Å². The van der Waals surface area contributed by atoms with Gasteiger partial charge in [0, 0.05) is 19.2 Å². The summed E-state index contributed by atoms with van der Waals surface area (Å²) in [6, 6.07) is 5.20. The van der Waals surface area contributed by atoms with Crippen LogP contribution in [0.15, 0.2) is 41.2 Å². The third-order valence-electron chi connectivity index (χ3n) is 12.8. The van der Waals surface area contributed by atoms with Gasteiger partial charge >= 0.3 is 5.97 Å². The lowest BCUT2D eigenvalue weighted by Gasteiger charge is -2.35. The highest BCUT2D eigenvalue weighted by Gasteiger charge is 2.41. The highest BCUT2D eigenvalue weighted by molar-refractivity contribution is 5.98. The number of hydrogen-bond donors (Lipinski definition) is 0. The summed E-state index contributed by atoms with van der Waals surface area (Å²) in [5.41, 5.74) is 2.90. The van der Waals surface area contributed by atoms with E-state index in [4.69, 9.17) is 18.9 Å². The topological polar surface area (TPSA) is 77.6 Å². The predicted octanol–water partition coefficient (Wildman–Crippen LogP) is 9.01. The zero-order chi connectivity index (χ0) is 33.0. The van der Waals surface area contributed by atoms with E-state index < -0.39 is 12.3 Å². The van der Waals surface area contributed by atoms with Gasteiger partial charge in [0.25, 0.3) is 12.2 Å². The number of morpholine rings is 1. The summed E-state index contributed by atoms with van der Waals surface area (Å²) < 4.78 is 23.6. The SMILES string of the molecule is CC1CCC(C2CCC(=CC(=O)Oc3ccc(OC4OC4=C4CCC(C5CCC(C)CC5)CC4)cc3C(=O)N3CCOCC3)CC2)CC1. The molecule has 4 aliphatic carbocycles. The number of ether oxygens (including phenoxy) is 4. The molecular formula is C41H57NO6. The molecule has 0 aromatic heterocycles. The molecule has 1 unspecified atom stereocenters. The highest BCUT2D eigenvalue weighted by Crippen LogP contribution is 2.45. The Balaban J connectivity index is 0.971. The molecule has 1 atom stereocenters. The summed E-state index contributed by atoms with van der Waals surface area (Å²) in [6.45, 7) is 6.78. The Labute approximate surface area is 287 Å². The summed E-state index contributed by atoms with van der Waals surface area (Å²) in [5, 5.41) is 0. The van der Waals surface area contributed by atoms with Crippen molar-refractivity contribution in [2.45, 2.75) is 123 Å². The van der Waals surface area contributed by atoms with Gasteiger partial charge in [-0.05, 0) is 136 Å². The lowest BCUT2D eigenvalue weighted by atomic mass is 9.70. The standard InChI is InChI=1S/C41H57NO6/c1-27-3-9-30(10-4-27)32-13-7-29(8-14-32)25-38(43)47-37-20-19-35(26-36(37)40(44)42-21-23-45-24-22-42)46-41-39(48-41)34-17-15-33(16-18-34)31-11-5-28(2)6-12-31/h19-20,25-28,30-33,41H,3-18,21-24H2,1-2H3. The van der Waals surface area contributed by atoms with E-state index in [-0.39, 0.29) is 11.7 Å². The van der Waals surface area contributed by atoms with Crippen molar-refractivity contribution in [2.24, 2.45) is 35.5 Å². The van der Waals surface area contributed by atoms with Crippen LogP contribution in [-0.2, 0) is 14.3 Å². The number of hydrogen-bond acceptors (Lipinski definition) is 6. The molecule has 0 bridgehead atoms. The number of epoxide rings is 1. The van der Waals surface area contributed by atoms with E-state index in [0.29, 0.717) is 37.6 Å². The van der Waals surface area contributed by atoms with E-state index in [0.717, 1.165) is 85.4 Å². The summed E-state index contributed by atoms with van der Waals surface area (Å²) >= 11 is 0. The minimum Gasteiger partial charge on any atom is -0.448 e. The van der Waals surface area contributed by atoms with Crippen LogP contribution in [0.5, 0.6) is 11.5 Å². The maximum absolute atomic E-state index is 13.7. The number of allylic oxidation sites excluding steroid dienone is 2. The van der Waals surface area contributed by atoms with Crippen LogP contribution in [0.3, 0.4) is 0 Å². The van der Waals surface area contributed by atoms with Crippen LogP contribution in [0.1, 0.15) is 127 Å². The zero-order valence-electron chi connectivity index (χ0n) is 29.4. The van der Waals surface area contributed by atoms with Crippen molar-refractivity contribution in [1.82, 2.24) is 4.90 Å². The molecule has 0 N–H and O–H groups in total. The van der Waals surface area contributed by atoms with Gasteiger partial charge in [-0.1, -0.05) is 45.1 Å². The summed E-state index contributed by atoms with van der Waals surface area (Å²) in [6.07, 6.45) is 21.2. The molecule has 2 heterocycles. The van der Waals surface area contributed by atoms with E-state index in [1.807, 2.05) is 0 Å². The fourth-order valence-electron chi connectivity index (χ4n) is 9.46. The fourth-order valence-corrected chi connectivity index (χ4v) is 9.46. The van der Waals surface area contributed by atoms with Crippen LogP contribution in [0.4, 0.5) is 0 Å². The highest BCUT2D eigenvalue weighted by atomic mass is 16.8. The lowest BCUT2D eigenvalue weighted by molar-refractivity contribution is -0.129. The number of carbonyl (C=O) groups excluding carboxylic acids is 2. The first-order chi connectivity index (χ1) is 23.4. The van der Waals surface area contributed by atoms with E-state index in [9.17, 15) is 9.59 Å². The van der Waals surface area contributed by atoms with Gasteiger partial charge in [0.05, 0.1) is 18.8 Å². The van der Waals surface area contributed by atoms with E-state index >= 15 is 0 Å². The number of rotatable bonds is 7. The molecule has 4 saturated carbocycles. The number of carbonyl (C=O) groups is 2. The van der Waals surface area contributed by atoms with Crippen molar-refractivity contribution in [1.29, 1.82) is 0 Å². The van der Waals surface area contributed by atoms with Crippen molar-refractivity contribution in [3.8, 4) is 11.5 Å². The molecule has 1 amide bonds. The maximum Gasteiger partial charge on any atom is 0.336 e. The molecule has 2 aliphatic heterocycles. The minimum atomic E-state index is -0.407. The predicted molar refractivity (Wildman–Crippen MR) is 186 cm³/mol. The Morgan fingerprint density at radius 1 is 0.750 bits per heavy atom. The molecule has 6 fully saturated rings. The Bertz CT molecular complexity index is 1340. The molecule has 6 aliphatic rings. The number of nitrogens with zero attached hydrogens (tertiary/aromatic N) is 1. The van der Waals surface area contributed by atoms with Crippen molar-refractivity contribution >= 4 is 11.9 Å². The van der Waals surface area contributed by atoms with Gasteiger partial charge in [0.1, 0.15) is 11.5 Å². The van der Waals surface area contributed by atoms with Gasteiger partial charge in [-0.3, -0.25) is 4.79 Å². The van der Waals surface area contributed by atoms with Crippen molar-refractivity contribution < 1.29 is 28.5 Å². The molecule has 0 radical (unpaired) electrons. The third-order valence-corrected chi connectivity index (χ3v) is 12.8. The van der Waals surface area contributed by atoms with Gasteiger partial charge in [-0.2, -0.15) is 0 Å². The number of esters is 1. The van der Waals surface area contributed by atoms with E-state index in [1.54, 1.807) is 29.2 Å². The second kappa shape index (κ2) is 15.4. The smallest absolute Gasteiger partial charge is 0.336 e. The molecule has 0 spiro atoms. The monoisotopic (exact) mass is 659 g/mol. The van der Waals surface area contributed by atoms with Crippen LogP contribution in [0.2, 0.25) is 0 Å². The van der Waals surface area contributed by atoms with Gasteiger partial charge in [-0.15, -0.1) is 0 Å². The van der Waals surface area contributed by atoms with Gasteiger partial charge in [-0.25, -0.2) is 4.79 Å². The molecule has 1 aromatic rings. The second-order valence-corrected chi connectivity index (χ2v) is 16.0. The van der Waals surface area contributed by atoms with Crippen LogP contribution in [0, 0.1) is 35.5 Å². The Morgan fingerprint density at radius 2 is 1.31 bits per heavy atom. The zero-order valence-corrected chi connectivity index (χ0v) is 29.4. The largest absolute Gasteiger partial charge is 0.448 e. The first-order valence-electron chi connectivity index (χ1n) is 19.4. The van der Waals surface area contributed by atoms with Gasteiger partial charge in [0.2, 0.25) is 0 Å². The average molecular weight is 660 g/mol. The van der Waals surface area contributed by atoms with E-state index in [1.165, 1.54) is 69.8 Å². The van der Waals surface area contributed by atoms with Gasteiger partial charge < -0.3 is 23.8 Å². The quantitative estimate of drug-likeness (QED) is 0.126. The first kappa shape index (κ1) is 33.7. The van der Waals surface area contributed by atoms with Crippen molar-refractivity contribution in [3.63, 3.8) is 0 Å². The molecule has 2 saturated heterocycles. The summed E-state index contributed by atoms with van der Waals surface area (Å²) in [5.74, 6) is 6.36. The molecule has 7 rings (SSSR count). The Morgan fingerprint density at radius 3 is 1.92 bits per heavy atom. The average Bonchev–Trinajstić information content (AvgIpc) is 3.89. The van der Waals surface area contributed by atoms with Crippen LogP contribution >= 0.6 is 0 Å². The Hall–Kier alpha value is -2.80. The normalized spacial score (nSPS) is 32.7. The fraction of sp³-hybridized carbons (Fsp3) is 0.707. The molecule has 48 heavy (non-hydrogen) atoms. The molecule has 262 valence electrons. The van der Waals surface area contributed by atoms with Crippen LogP contribution < -0.4 is 9.47 Å². The minimum absolute atomic E-state index is 0.174. The third kappa shape index (κ3) is 8.31. The molecule has 1 aromatic carbocycles. The maximum atomic E-state index is 13.7. The van der Waals surface area contributed by atoms with E-state index in [2.05, 4.69) is 13.8 Å². The number of benzene rings is 1. The van der Waals surface area contributed by atoms with Crippen molar-refractivity contribution in [2.75, 3.05) is 26.3 Å². The summed E-state index contributed by atoms with van der Waals surface area (Å²) in [4.78, 5) is 28.7. The van der Waals surface area contributed by atoms with Crippen LogP contribution in [0.25, 0.3) is 0 Å². The number of amides is 1. The van der Waals surface area contributed by atoms with Crippen LogP contribution in [-0.4, -0.2) is 49.4 Å². The molecule has 7 heteroatoms. The van der Waals surface area contributed by atoms with Crippen molar-refractivity contribution in [3.05, 3.63) is 46.7 Å². The lowest BCUT2D eigenvalue weighted by Crippen LogP contribution is -2.40. The first-order valence-corrected chi connectivity index (χ1v) is 19.4. The second-order valence-electron chi connectivity index (χ2n) is 16.0. The Kier molecular flexibility index (Phi) is 10.8. The molecule has 7 nitrogen and oxygen atoms in total. The molecular weight excluding hydrogens is 602 g/mol.